The number of rotatable bonds is 2. The monoisotopic (exact) mass is 411 g/mol. The Kier molecular flexibility index (Phi) is 4.22. The van der Waals surface area contributed by atoms with E-state index in [2.05, 4.69) is 4.98 Å². The molecule has 0 amide bonds. The van der Waals surface area contributed by atoms with E-state index in [0.29, 0.717) is 22.6 Å². The molecule has 0 fully saturated rings. The summed E-state index contributed by atoms with van der Waals surface area (Å²) >= 11 is 0. The smallest absolute Gasteiger partial charge is 0.336 e. The highest BCUT2D eigenvalue weighted by molar-refractivity contribution is 6.21. The second-order valence-corrected chi connectivity index (χ2v) is 7.48. The van der Waals surface area contributed by atoms with Gasteiger partial charge in [-0.2, -0.15) is 0 Å². The molecule has 0 saturated carbocycles. The van der Waals surface area contributed by atoms with E-state index in [9.17, 15) is 19.8 Å². The van der Waals surface area contributed by atoms with E-state index in [1.54, 1.807) is 12.1 Å². The zero-order valence-corrected chi connectivity index (χ0v) is 16.5. The zero-order valence-electron chi connectivity index (χ0n) is 16.5. The van der Waals surface area contributed by atoms with Gasteiger partial charge in [-0.1, -0.05) is 30.3 Å². The van der Waals surface area contributed by atoms with E-state index >= 15 is 0 Å². The largest absolute Gasteiger partial charge is 0.508 e. The Morgan fingerprint density at radius 3 is 2.65 bits per heavy atom. The van der Waals surface area contributed by atoms with Crippen molar-refractivity contribution >= 4 is 28.6 Å². The highest BCUT2D eigenvalue weighted by atomic mass is 16.4. The van der Waals surface area contributed by atoms with E-state index in [1.807, 2.05) is 37.3 Å². The maximum absolute atomic E-state index is 13.4. The standard InChI is InChI=1S/C25H17NO5/c1-13-5-4-8-20(26-13)22-16-7-3-2-6-15(16)18(25(29)30)12-19-23(28)17-10-9-14(27)11-21(17)31-24(19)22/h2-12,22,27H,1H3,(H,29,30). The number of aryl methyl sites for hydroxylation is 1. The van der Waals surface area contributed by atoms with Gasteiger partial charge in [0.15, 0.2) is 5.43 Å². The summed E-state index contributed by atoms with van der Waals surface area (Å²) in [7, 11) is 0. The van der Waals surface area contributed by atoms with Crippen LogP contribution in [0, 0.1) is 6.92 Å². The first-order chi connectivity index (χ1) is 14.9. The predicted octanol–water partition coefficient (Wildman–Crippen LogP) is 4.32. The zero-order chi connectivity index (χ0) is 21.7. The number of hydrogen-bond donors (Lipinski definition) is 2. The number of aromatic hydroxyl groups is 1. The van der Waals surface area contributed by atoms with Crippen LogP contribution in [0.5, 0.6) is 5.75 Å². The second kappa shape index (κ2) is 6.95. The third kappa shape index (κ3) is 3.00. The number of carboxylic acid groups (broad SMARTS) is 1. The summed E-state index contributed by atoms with van der Waals surface area (Å²) in [5.41, 5.74) is 2.64. The highest BCUT2D eigenvalue weighted by Gasteiger charge is 2.33. The van der Waals surface area contributed by atoms with Crippen LogP contribution in [0.1, 0.15) is 39.8 Å². The summed E-state index contributed by atoms with van der Waals surface area (Å²) in [6.45, 7) is 1.86. The number of pyridine rings is 1. The maximum atomic E-state index is 13.4. The van der Waals surface area contributed by atoms with Gasteiger partial charge in [0.1, 0.15) is 17.1 Å². The van der Waals surface area contributed by atoms with E-state index < -0.39 is 11.9 Å². The van der Waals surface area contributed by atoms with Crippen molar-refractivity contribution in [3.8, 4) is 5.75 Å². The first-order valence-corrected chi connectivity index (χ1v) is 9.71. The molecule has 5 rings (SSSR count). The molecule has 2 aromatic carbocycles. The molecule has 31 heavy (non-hydrogen) atoms. The molecular formula is C25H17NO5. The van der Waals surface area contributed by atoms with Crippen LogP contribution in [0.3, 0.4) is 0 Å². The topological polar surface area (TPSA) is 101 Å². The molecule has 0 spiro atoms. The van der Waals surface area contributed by atoms with Crippen molar-refractivity contribution in [2.75, 3.05) is 0 Å². The van der Waals surface area contributed by atoms with Crippen molar-refractivity contribution in [1.82, 2.24) is 4.98 Å². The SMILES string of the molecule is Cc1cccc(C2c3ccccc3C(C(=O)O)=Cc3c2oc2cc(O)ccc2c3=O)n1. The molecule has 6 nitrogen and oxygen atoms in total. The molecule has 4 aromatic rings. The molecule has 2 aromatic heterocycles. The van der Waals surface area contributed by atoms with E-state index in [-0.39, 0.29) is 33.3 Å². The number of aliphatic carboxylic acids is 1. The Morgan fingerprint density at radius 2 is 1.87 bits per heavy atom. The normalized spacial score (nSPS) is 15.0. The van der Waals surface area contributed by atoms with Crippen LogP contribution in [0.4, 0.5) is 0 Å². The average molecular weight is 411 g/mol. The number of aromatic nitrogens is 1. The first-order valence-electron chi connectivity index (χ1n) is 9.71. The van der Waals surface area contributed by atoms with Crippen LogP contribution >= 0.6 is 0 Å². The third-order valence-corrected chi connectivity index (χ3v) is 5.49. The number of nitrogens with zero attached hydrogens (tertiary/aromatic N) is 1. The number of phenols is 1. The van der Waals surface area contributed by atoms with Gasteiger partial charge in [0, 0.05) is 11.8 Å². The molecule has 0 radical (unpaired) electrons. The summed E-state index contributed by atoms with van der Waals surface area (Å²) in [6.07, 6.45) is 1.38. The fourth-order valence-electron chi connectivity index (χ4n) is 4.12. The van der Waals surface area contributed by atoms with Gasteiger partial charge in [-0.3, -0.25) is 9.78 Å². The summed E-state index contributed by atoms with van der Waals surface area (Å²) in [5.74, 6) is -1.47. The summed E-state index contributed by atoms with van der Waals surface area (Å²) in [6, 6.07) is 16.9. The van der Waals surface area contributed by atoms with Crippen molar-refractivity contribution in [2.45, 2.75) is 12.8 Å². The van der Waals surface area contributed by atoms with Gasteiger partial charge in [0.05, 0.1) is 28.1 Å². The molecule has 0 bridgehead atoms. The molecule has 2 N–H and O–H groups in total. The molecule has 1 aliphatic rings. The average Bonchev–Trinajstić information content (AvgIpc) is 2.88. The van der Waals surface area contributed by atoms with Crippen LogP contribution < -0.4 is 5.43 Å². The summed E-state index contributed by atoms with van der Waals surface area (Å²) in [5, 5.41) is 20.1. The molecule has 1 atom stereocenters. The Bertz CT molecular complexity index is 1460. The van der Waals surface area contributed by atoms with Crippen LogP contribution in [0.25, 0.3) is 22.6 Å². The lowest BCUT2D eigenvalue weighted by Gasteiger charge is -2.19. The van der Waals surface area contributed by atoms with Crippen molar-refractivity contribution in [3.05, 3.63) is 105 Å². The Hall–Kier alpha value is -4.19. The van der Waals surface area contributed by atoms with Gasteiger partial charge in [0.2, 0.25) is 0 Å². The summed E-state index contributed by atoms with van der Waals surface area (Å²) in [4.78, 5) is 30.2. The number of carbonyl (C=O) groups is 1. The molecular weight excluding hydrogens is 394 g/mol. The number of benzene rings is 2. The quantitative estimate of drug-likeness (QED) is 0.509. The van der Waals surface area contributed by atoms with Gasteiger partial charge >= 0.3 is 5.97 Å². The number of carboxylic acids is 1. The fraction of sp³-hybridized carbons (Fsp3) is 0.0800. The molecule has 0 saturated heterocycles. The van der Waals surface area contributed by atoms with Crippen molar-refractivity contribution in [3.63, 3.8) is 0 Å². The summed E-state index contributed by atoms with van der Waals surface area (Å²) < 4.78 is 6.18. The van der Waals surface area contributed by atoms with Crippen LogP contribution in [0.15, 0.2) is 69.9 Å². The lowest BCUT2D eigenvalue weighted by Crippen LogP contribution is -2.14. The maximum Gasteiger partial charge on any atom is 0.336 e. The lowest BCUT2D eigenvalue weighted by atomic mass is 9.87. The molecule has 0 aliphatic heterocycles. The van der Waals surface area contributed by atoms with E-state index in [4.69, 9.17) is 4.42 Å². The highest BCUT2D eigenvalue weighted by Crippen LogP contribution is 2.41. The van der Waals surface area contributed by atoms with Crippen LogP contribution in [-0.2, 0) is 4.79 Å². The van der Waals surface area contributed by atoms with Gasteiger partial charge in [0.25, 0.3) is 0 Å². The van der Waals surface area contributed by atoms with E-state index in [0.717, 1.165) is 5.69 Å². The van der Waals surface area contributed by atoms with Crippen LogP contribution in [-0.4, -0.2) is 21.2 Å². The van der Waals surface area contributed by atoms with Gasteiger partial charge in [-0.05, 0) is 48.4 Å². The van der Waals surface area contributed by atoms with Gasteiger partial charge in [-0.15, -0.1) is 0 Å². The van der Waals surface area contributed by atoms with E-state index in [1.165, 1.54) is 24.3 Å². The minimum Gasteiger partial charge on any atom is -0.508 e. The third-order valence-electron chi connectivity index (χ3n) is 5.49. The lowest BCUT2D eigenvalue weighted by molar-refractivity contribution is -0.130. The minimum absolute atomic E-state index is 0.0115. The van der Waals surface area contributed by atoms with Gasteiger partial charge in [-0.25, -0.2) is 4.79 Å². The molecule has 1 unspecified atom stereocenters. The van der Waals surface area contributed by atoms with Crippen molar-refractivity contribution in [2.24, 2.45) is 0 Å². The number of hydrogen-bond acceptors (Lipinski definition) is 5. The first kappa shape index (κ1) is 18.8. The Balaban J connectivity index is 1.96. The number of fused-ring (bicyclic) bond motifs is 3. The molecule has 1 aliphatic carbocycles. The Labute approximate surface area is 176 Å². The van der Waals surface area contributed by atoms with Crippen molar-refractivity contribution in [1.29, 1.82) is 0 Å². The van der Waals surface area contributed by atoms with Gasteiger partial charge < -0.3 is 14.6 Å². The second-order valence-electron chi connectivity index (χ2n) is 7.48. The molecule has 2 heterocycles. The minimum atomic E-state index is -1.14. The Morgan fingerprint density at radius 1 is 1.06 bits per heavy atom. The molecule has 152 valence electrons. The predicted molar refractivity (Wildman–Crippen MR) is 116 cm³/mol. The molecule has 6 heteroatoms. The van der Waals surface area contributed by atoms with Crippen LogP contribution in [0.2, 0.25) is 0 Å². The number of phenolic OH excluding ortho intramolecular Hbond substituents is 1. The fourth-order valence-corrected chi connectivity index (χ4v) is 4.12. The van der Waals surface area contributed by atoms with Crippen molar-refractivity contribution < 1.29 is 19.4 Å².